The van der Waals surface area contributed by atoms with E-state index in [2.05, 4.69) is 36.9 Å². The van der Waals surface area contributed by atoms with Crippen molar-refractivity contribution < 1.29 is 89.3 Å². The maximum Gasteiger partial charge on any atom is 0.416 e. The molecule has 121 heavy (non-hydrogen) atoms. The molecule has 608 valence electrons. The number of nitriles is 2. The van der Waals surface area contributed by atoms with Gasteiger partial charge in [0.05, 0.1) is 22.3 Å². The first-order chi connectivity index (χ1) is 57.8. The van der Waals surface area contributed by atoms with Crippen molar-refractivity contribution >= 4 is 48.7 Å². The minimum absolute atomic E-state index is 0. The third-order valence-electron chi connectivity index (χ3n) is 21.0. The number of ether oxygens (including phenoxy) is 7. The number of carbonyl (C=O) groups is 6. The summed E-state index contributed by atoms with van der Waals surface area (Å²) in [6, 6.07) is 76.8. The fourth-order valence-corrected chi connectivity index (χ4v) is 15.1. The van der Waals surface area contributed by atoms with E-state index in [1.807, 2.05) is 197 Å². The van der Waals surface area contributed by atoms with E-state index in [1.165, 1.54) is 17.7 Å². The van der Waals surface area contributed by atoms with Gasteiger partial charge in [-0.2, -0.15) is 32.8 Å². The first kappa shape index (κ1) is 85.1. The quantitative estimate of drug-likeness (QED) is 0.0112. The number of likely N-dealkylation sites (N-methyl/N-ethyl adjacent to an activating group) is 1. The number of aromatic nitrogens is 2. The van der Waals surface area contributed by atoms with Gasteiger partial charge in [-0.1, -0.05) is 104 Å². The van der Waals surface area contributed by atoms with Crippen molar-refractivity contribution in [1.82, 2.24) is 0 Å². The lowest BCUT2D eigenvalue weighted by Crippen LogP contribution is -2.33. The van der Waals surface area contributed by atoms with Crippen LogP contribution in [0.3, 0.4) is 0 Å². The average Bonchev–Trinajstić information content (AvgIpc) is 1.64. The minimum atomic E-state index is -4.46. The van der Waals surface area contributed by atoms with E-state index < -0.39 is 34.9 Å². The van der Waals surface area contributed by atoms with Gasteiger partial charge in [0.25, 0.3) is 19.4 Å². The van der Waals surface area contributed by atoms with Gasteiger partial charge < -0.3 is 62.9 Å². The zero-order valence-electron chi connectivity index (χ0n) is 66.5. The lowest BCUT2D eigenvalue weighted by Gasteiger charge is -2.38. The number of alkyl halides is 3. The van der Waals surface area contributed by atoms with E-state index in [4.69, 9.17) is 38.3 Å². The number of esters is 2. The third-order valence-corrected chi connectivity index (χ3v) is 21.0. The second-order valence-electron chi connectivity index (χ2n) is 28.1. The van der Waals surface area contributed by atoms with Crippen LogP contribution >= 0.6 is 0 Å². The highest BCUT2D eigenvalue weighted by molar-refractivity contribution is 5.98. The van der Waals surface area contributed by atoms with Crippen LogP contribution in [0.4, 0.5) is 24.5 Å². The Hall–Kier alpha value is -15.2. The molecule has 2 atom stereocenters. The van der Waals surface area contributed by atoms with Gasteiger partial charge in [0.2, 0.25) is 22.9 Å². The Kier molecular flexibility index (Phi) is 26.3. The number of pyridine rings is 2. The van der Waals surface area contributed by atoms with E-state index in [-0.39, 0.29) is 63.8 Å². The van der Waals surface area contributed by atoms with Crippen LogP contribution < -0.4 is 33.1 Å². The summed E-state index contributed by atoms with van der Waals surface area (Å²) in [7, 11) is 0. The standard InChI is InChI=1S/C37H32N2O5.C35H25F3N2O5.C24H17N2O4.2CH3/c1-3-4-17-39(18-16-29(23-38)42-24-40)28-14-15-32-35(22-28)43-34-19-25(2)27(20-26-10-6-5-7-11-26)21-33(34)37(32)31-13-9-8-12-30(31)36(41)44-37;1-2-40(15-14-26(20-39)43-21-41)25-11-12-29-32(19-25)44-31-13-10-23(16-22-6-5-7-24(17-22)35(36,37)38)18-30(31)34(29)28-9-4-3-8-27(28)33(42)45-34;27-17-30-23-7-5-22(6-8-23)26-15-11-19(12-16-26)18-9-13-25(14-10-18)21-3-1-20(2-4-21)24(28)29;;/h5-16,19,21-22,24H,3-4,17-18,20H2,1-2H3;3-14,17-19,21H,2,15-16H2,1H3;1-17H;2*1H3/q;;+1;2*-1/p+1/b29-16+;26-14-;;;. The highest BCUT2D eigenvalue weighted by Crippen LogP contribution is 2.59. The lowest BCUT2D eigenvalue weighted by atomic mass is 9.76. The summed E-state index contributed by atoms with van der Waals surface area (Å²) in [6.45, 7) is 8.86. The van der Waals surface area contributed by atoms with Gasteiger partial charge >= 0.3 is 24.1 Å². The van der Waals surface area contributed by atoms with Gasteiger partial charge in [0.15, 0.2) is 36.0 Å². The molecule has 20 nitrogen and oxygen atoms in total. The molecule has 2 unspecified atom stereocenters. The monoisotopic (exact) mass is 1620 g/mol. The number of halogens is 3. The number of rotatable bonds is 24. The number of aromatic carboxylic acids is 1. The number of aryl methyl sites for hydroxylation is 1. The summed E-state index contributed by atoms with van der Waals surface area (Å²) in [6.07, 6.45) is 9.29. The van der Waals surface area contributed by atoms with E-state index >= 15 is 0 Å². The zero-order valence-corrected chi connectivity index (χ0v) is 66.5. The van der Waals surface area contributed by atoms with Crippen molar-refractivity contribution in [2.75, 3.05) is 36.0 Å². The molecule has 0 radical (unpaired) electrons. The number of benzene rings is 10. The van der Waals surface area contributed by atoms with Crippen molar-refractivity contribution in [2.24, 2.45) is 0 Å². The van der Waals surface area contributed by atoms with Crippen LogP contribution in [0, 0.1) is 44.4 Å². The normalized spacial score (nSPS) is 14.6. The van der Waals surface area contributed by atoms with Crippen LogP contribution in [0.5, 0.6) is 28.7 Å². The van der Waals surface area contributed by atoms with Crippen LogP contribution in [-0.2, 0) is 63.6 Å². The van der Waals surface area contributed by atoms with Crippen LogP contribution in [0.2, 0.25) is 0 Å². The predicted octanol–water partition coefficient (Wildman–Crippen LogP) is 18.7. The summed E-state index contributed by atoms with van der Waals surface area (Å²) < 4.78 is 84.0. The molecular formula is C98H81F3N6O14. The van der Waals surface area contributed by atoms with E-state index in [0.717, 1.165) is 93.1 Å². The van der Waals surface area contributed by atoms with Crippen molar-refractivity contribution in [3.05, 3.63) is 389 Å². The molecule has 16 rings (SSSR count). The second-order valence-corrected chi connectivity index (χ2v) is 28.1. The lowest BCUT2D eigenvalue weighted by molar-refractivity contribution is -0.596. The maximum absolute atomic E-state index is 13.4. The van der Waals surface area contributed by atoms with E-state index in [1.54, 1.807) is 72.8 Å². The van der Waals surface area contributed by atoms with Crippen molar-refractivity contribution in [3.63, 3.8) is 0 Å². The molecule has 12 aromatic rings. The summed E-state index contributed by atoms with van der Waals surface area (Å²) >= 11 is 0. The molecule has 0 aliphatic carbocycles. The van der Waals surface area contributed by atoms with Crippen LogP contribution in [0.1, 0.15) is 125 Å². The fourth-order valence-electron chi connectivity index (χ4n) is 15.1. The third kappa shape index (κ3) is 17.9. The van der Waals surface area contributed by atoms with Gasteiger partial charge in [-0.3, -0.25) is 14.4 Å². The first-order valence-electron chi connectivity index (χ1n) is 38.1. The Balaban J connectivity index is 0.000000168. The second kappa shape index (κ2) is 37.4. The van der Waals surface area contributed by atoms with Gasteiger partial charge in [0.1, 0.15) is 40.9 Å². The molecule has 0 amide bonds. The highest BCUT2D eigenvalue weighted by atomic mass is 19.4. The predicted molar refractivity (Wildman–Crippen MR) is 446 cm³/mol. The van der Waals surface area contributed by atoms with Gasteiger partial charge in [-0.25, -0.2) is 14.4 Å². The first-order valence-corrected chi connectivity index (χ1v) is 38.1. The molecule has 4 aliphatic heterocycles. The summed E-state index contributed by atoms with van der Waals surface area (Å²) in [4.78, 5) is 73.6. The molecule has 10 aromatic carbocycles. The van der Waals surface area contributed by atoms with Gasteiger partial charge in [0, 0.05) is 132 Å². The van der Waals surface area contributed by atoms with Gasteiger partial charge in [-0.05, 0) is 175 Å². The number of nitrogens with zero attached hydrogens (tertiary/aromatic N) is 6. The number of hydrogen-bond acceptors (Lipinski definition) is 17. The Morgan fingerprint density at radius 3 is 1.53 bits per heavy atom. The summed E-state index contributed by atoms with van der Waals surface area (Å²) in [5.74, 6) is 0.618. The number of allylic oxidation sites excluding steroid dienone is 2. The smallest absolute Gasteiger partial charge is 0.416 e. The Bertz CT molecular complexity index is 6030. The average molecular weight is 1620 g/mol. The number of unbranched alkanes of at least 4 members (excludes halogenated alkanes) is 1. The molecule has 2 aromatic heterocycles. The zero-order chi connectivity index (χ0) is 83.4. The number of anilines is 2. The number of carboxylic acids is 1. The Morgan fingerprint density at radius 1 is 0.512 bits per heavy atom. The molecule has 0 bridgehead atoms. The Labute approximate surface area is 697 Å². The molecule has 2 spiro atoms. The van der Waals surface area contributed by atoms with Crippen LogP contribution in [-0.4, -0.2) is 68.6 Å². The molecule has 1 N–H and O–H groups in total. The molecular weight excluding hydrogens is 1540 g/mol. The number of fused-ring (bicyclic) bond motifs is 12. The Morgan fingerprint density at radius 2 is 1.01 bits per heavy atom. The topological polar surface area (TPSA) is 249 Å². The van der Waals surface area contributed by atoms with Gasteiger partial charge in [-0.15, -0.1) is 0 Å². The summed E-state index contributed by atoms with van der Waals surface area (Å²) in [5.41, 5.74) is 12.2. The largest absolute Gasteiger partial charge is 0.478 e. The number of carboxylic acid groups (broad SMARTS) is 1. The molecule has 4 aliphatic rings. The minimum Gasteiger partial charge on any atom is -0.478 e. The van der Waals surface area contributed by atoms with Crippen molar-refractivity contribution in [3.8, 4) is 63.4 Å². The molecule has 0 saturated heterocycles. The maximum atomic E-state index is 13.4. The number of hydrogen-bond donors (Lipinski definition) is 1. The molecule has 23 heteroatoms. The van der Waals surface area contributed by atoms with Crippen molar-refractivity contribution in [2.45, 2.75) is 63.8 Å². The number of carbonyl (C=O) groups excluding carboxylic acids is 5. The SMILES string of the molecule is CCCCN(C/C=C(\C#N)OC=O)c1ccc2c(c1)Oc1cc(C)c(Cc3ccccc3)cc1C21OC(=O)c2ccccc21.CCN(C/C=C(/C#N)OC=O)c1ccc2c(c1)Oc1ccc(Cc3cccc(C(F)(F)F)c3)cc1C21OC(=O)c2ccccc21.O=COc1ccc(-[n+]2ccc(-c3cc[n+](-c4ccc(C(=O)O)cc4)cc3)cc2)cc1.[CH3-].[CH3-]. The fraction of sp³-hybridized carbons (Fsp3) is 0.143. The van der Waals surface area contributed by atoms with E-state index in [0.29, 0.717) is 93.8 Å². The molecule has 6 heterocycles. The van der Waals surface area contributed by atoms with Crippen molar-refractivity contribution in [1.29, 1.82) is 10.5 Å². The highest BCUT2D eigenvalue weighted by Gasteiger charge is 2.55. The summed E-state index contributed by atoms with van der Waals surface area (Å²) in [5, 5.41) is 27.5. The molecule has 0 saturated carbocycles. The molecule has 0 fully saturated rings. The van der Waals surface area contributed by atoms with Crippen LogP contribution in [0.25, 0.3) is 22.5 Å². The van der Waals surface area contributed by atoms with Crippen LogP contribution in [0.15, 0.2) is 291 Å². The van der Waals surface area contributed by atoms with E-state index in [9.17, 15) is 52.5 Å².